The number of likely N-dealkylation sites (tertiary alicyclic amines) is 1. The van der Waals surface area contributed by atoms with Crippen LogP contribution < -0.4 is 10.6 Å². The van der Waals surface area contributed by atoms with Crippen molar-refractivity contribution in [2.45, 2.75) is 25.2 Å². The monoisotopic (exact) mass is 459 g/mol. The Morgan fingerprint density at radius 1 is 0.882 bits per heavy atom. The number of carbonyl (C=O) groups is 1. The van der Waals surface area contributed by atoms with Gasteiger partial charge in [-0.3, -0.25) is 4.79 Å². The zero-order valence-corrected chi connectivity index (χ0v) is 19.2. The normalized spacial score (nSPS) is 20.6. The van der Waals surface area contributed by atoms with Crippen molar-refractivity contribution in [1.82, 2.24) is 19.7 Å². The molecular weight excluding hydrogens is 430 g/mol. The molecule has 1 N–H and O–H groups in total. The Balaban J connectivity index is 1.20. The molecule has 1 saturated carbocycles. The summed E-state index contributed by atoms with van der Waals surface area (Å²) < 4.78 is 7.10. The first-order chi connectivity index (χ1) is 16.7. The van der Waals surface area contributed by atoms with Crippen molar-refractivity contribution in [2.75, 3.05) is 44.3 Å². The third kappa shape index (κ3) is 4.03. The fraction of sp³-hybridized carbons (Fsp3) is 0.423. The number of H-pyrrole nitrogens is 1. The zero-order chi connectivity index (χ0) is 23.1. The van der Waals surface area contributed by atoms with Crippen LogP contribution >= 0.6 is 0 Å². The van der Waals surface area contributed by atoms with Gasteiger partial charge in [-0.15, -0.1) is 0 Å². The summed E-state index contributed by atoms with van der Waals surface area (Å²) in [5, 5.41) is 6.95. The minimum atomic E-state index is -0.246. The highest BCUT2D eigenvalue weighted by molar-refractivity contribution is 5.81. The first-order valence-electron chi connectivity index (χ1n) is 12.2. The van der Waals surface area contributed by atoms with Crippen LogP contribution in [0.3, 0.4) is 0 Å². The Morgan fingerprint density at radius 2 is 1.53 bits per heavy atom. The third-order valence-electron chi connectivity index (χ3n) is 7.19. The zero-order valence-electron chi connectivity index (χ0n) is 19.2. The number of anilines is 1. The number of nitrogens with zero attached hydrogens (tertiary/aromatic N) is 4. The topological polar surface area (TPSA) is 83.5 Å². The molecule has 2 aliphatic heterocycles. The molecule has 3 fully saturated rings. The summed E-state index contributed by atoms with van der Waals surface area (Å²) in [4.78, 5) is 29.4. The van der Waals surface area contributed by atoms with Crippen molar-refractivity contribution < 1.29 is 9.53 Å². The van der Waals surface area contributed by atoms with E-state index in [0.29, 0.717) is 12.4 Å². The molecule has 8 heteroatoms. The predicted molar refractivity (Wildman–Crippen MR) is 129 cm³/mol. The summed E-state index contributed by atoms with van der Waals surface area (Å²) in [7, 11) is 0. The molecule has 3 aromatic rings. The largest absolute Gasteiger partial charge is 0.378 e. The van der Waals surface area contributed by atoms with Gasteiger partial charge in [0.1, 0.15) is 5.82 Å². The van der Waals surface area contributed by atoms with Gasteiger partial charge >= 0.3 is 5.69 Å². The smallest absolute Gasteiger partial charge is 0.347 e. The molecule has 1 aromatic heterocycles. The van der Waals surface area contributed by atoms with E-state index in [4.69, 9.17) is 4.74 Å². The number of nitrogens with one attached hydrogen (secondary N) is 1. The van der Waals surface area contributed by atoms with E-state index in [1.54, 1.807) is 4.57 Å². The minimum absolute atomic E-state index is 0.0639. The highest BCUT2D eigenvalue weighted by Crippen LogP contribution is 2.35. The molecule has 2 aromatic carbocycles. The molecule has 6 rings (SSSR count). The lowest BCUT2D eigenvalue weighted by atomic mass is 10.0. The summed E-state index contributed by atoms with van der Waals surface area (Å²) in [5.74, 6) is 1.25. The summed E-state index contributed by atoms with van der Waals surface area (Å²) in [6, 6.07) is 16.6. The van der Waals surface area contributed by atoms with Gasteiger partial charge in [0.15, 0.2) is 0 Å². The summed E-state index contributed by atoms with van der Waals surface area (Å²) in [6.07, 6.45) is 2.85. The maximum Gasteiger partial charge on any atom is 0.347 e. The first kappa shape index (κ1) is 21.2. The lowest BCUT2D eigenvalue weighted by Crippen LogP contribution is -2.36. The third-order valence-corrected chi connectivity index (χ3v) is 7.19. The fourth-order valence-corrected chi connectivity index (χ4v) is 5.08. The van der Waals surface area contributed by atoms with Crippen molar-refractivity contribution in [3.63, 3.8) is 0 Å². The van der Waals surface area contributed by atoms with Crippen molar-refractivity contribution in [2.24, 2.45) is 5.92 Å². The molecule has 0 radical (unpaired) electrons. The van der Waals surface area contributed by atoms with Crippen LogP contribution in [-0.4, -0.2) is 65.0 Å². The Kier molecular flexibility index (Phi) is 5.45. The Bertz CT molecular complexity index is 1220. The van der Waals surface area contributed by atoms with E-state index in [-0.39, 0.29) is 23.4 Å². The van der Waals surface area contributed by atoms with E-state index in [1.807, 2.05) is 29.2 Å². The number of hydrogen-bond acceptors (Lipinski definition) is 5. The molecule has 3 heterocycles. The number of morpholine rings is 1. The number of hydrogen-bond donors (Lipinski definition) is 1. The molecule has 3 aliphatic rings. The second-order valence-corrected chi connectivity index (χ2v) is 9.46. The Hall–Kier alpha value is -3.39. The molecule has 1 amide bonds. The molecule has 176 valence electrons. The van der Waals surface area contributed by atoms with Crippen LogP contribution in [0.5, 0.6) is 0 Å². The maximum absolute atomic E-state index is 12.6. The van der Waals surface area contributed by atoms with Gasteiger partial charge in [0.05, 0.1) is 18.9 Å². The second-order valence-electron chi connectivity index (χ2n) is 9.46. The number of aromatic nitrogens is 3. The number of aromatic amines is 1. The van der Waals surface area contributed by atoms with E-state index in [9.17, 15) is 9.59 Å². The lowest BCUT2D eigenvalue weighted by molar-refractivity contribution is -0.131. The van der Waals surface area contributed by atoms with Crippen molar-refractivity contribution in [1.29, 1.82) is 0 Å². The molecule has 34 heavy (non-hydrogen) atoms. The standard InChI is InChI=1S/C26H29N5O3/c32-25(20-1-2-20)30-12-11-21(17-30)24-27-28-26(33)31(24)23-9-5-19(6-10-23)18-3-7-22(8-4-18)29-13-15-34-16-14-29/h3-10,20-21H,1-2,11-17H2,(H,28,33). The van der Waals surface area contributed by atoms with E-state index in [0.717, 1.165) is 68.9 Å². The van der Waals surface area contributed by atoms with Crippen molar-refractivity contribution >= 4 is 11.6 Å². The van der Waals surface area contributed by atoms with Gasteiger partial charge in [0, 0.05) is 43.7 Å². The minimum Gasteiger partial charge on any atom is -0.378 e. The van der Waals surface area contributed by atoms with Crippen molar-refractivity contribution in [3.05, 3.63) is 64.8 Å². The van der Waals surface area contributed by atoms with Gasteiger partial charge in [-0.2, -0.15) is 5.10 Å². The van der Waals surface area contributed by atoms with E-state index >= 15 is 0 Å². The number of ether oxygens (including phenoxy) is 1. The number of amides is 1. The van der Waals surface area contributed by atoms with Gasteiger partial charge in [0.25, 0.3) is 0 Å². The van der Waals surface area contributed by atoms with Crippen LogP contribution in [0.1, 0.15) is 31.0 Å². The SMILES string of the molecule is O=C(C1CC1)N1CCC(c2n[nH]c(=O)n2-c2ccc(-c3ccc(N4CCOCC4)cc3)cc2)C1. The molecule has 0 bridgehead atoms. The van der Waals surface area contributed by atoms with Gasteiger partial charge in [-0.1, -0.05) is 24.3 Å². The average molecular weight is 460 g/mol. The molecule has 0 spiro atoms. The number of rotatable bonds is 5. The lowest BCUT2D eigenvalue weighted by Gasteiger charge is -2.28. The van der Waals surface area contributed by atoms with Gasteiger partial charge in [-0.25, -0.2) is 14.5 Å². The number of carbonyl (C=O) groups excluding carboxylic acids is 1. The van der Waals surface area contributed by atoms with Crippen LogP contribution in [0, 0.1) is 5.92 Å². The van der Waals surface area contributed by atoms with Gasteiger partial charge in [-0.05, 0) is 54.7 Å². The van der Waals surface area contributed by atoms with Crippen LogP contribution in [-0.2, 0) is 9.53 Å². The van der Waals surface area contributed by atoms with Crippen LogP contribution in [0.25, 0.3) is 16.8 Å². The van der Waals surface area contributed by atoms with E-state index in [1.165, 1.54) is 5.69 Å². The Morgan fingerprint density at radius 3 is 2.18 bits per heavy atom. The molecule has 8 nitrogen and oxygen atoms in total. The van der Waals surface area contributed by atoms with Crippen LogP contribution in [0.2, 0.25) is 0 Å². The van der Waals surface area contributed by atoms with Crippen LogP contribution in [0.4, 0.5) is 5.69 Å². The summed E-state index contributed by atoms with van der Waals surface area (Å²) in [5.41, 5.74) is 3.98. The summed E-state index contributed by atoms with van der Waals surface area (Å²) in [6.45, 7) is 4.75. The predicted octanol–water partition coefficient (Wildman–Crippen LogP) is 2.79. The van der Waals surface area contributed by atoms with E-state index in [2.05, 4.69) is 39.4 Å². The highest BCUT2D eigenvalue weighted by atomic mass is 16.5. The Labute approximate surface area is 198 Å². The molecular formula is C26H29N5O3. The number of benzene rings is 2. The first-order valence-corrected chi connectivity index (χ1v) is 12.2. The highest BCUT2D eigenvalue weighted by Gasteiger charge is 2.38. The van der Waals surface area contributed by atoms with Gasteiger partial charge in [0.2, 0.25) is 5.91 Å². The average Bonchev–Trinajstić information content (AvgIpc) is 3.50. The second kappa shape index (κ2) is 8.76. The molecule has 1 aliphatic carbocycles. The maximum atomic E-state index is 12.6. The molecule has 2 saturated heterocycles. The fourth-order valence-electron chi connectivity index (χ4n) is 5.08. The summed E-state index contributed by atoms with van der Waals surface area (Å²) >= 11 is 0. The van der Waals surface area contributed by atoms with Gasteiger partial charge < -0.3 is 14.5 Å². The van der Waals surface area contributed by atoms with Crippen molar-refractivity contribution in [3.8, 4) is 16.8 Å². The molecule has 1 atom stereocenters. The van der Waals surface area contributed by atoms with Crippen LogP contribution in [0.15, 0.2) is 53.3 Å². The molecule has 1 unspecified atom stereocenters. The quantitative estimate of drug-likeness (QED) is 0.634. The van der Waals surface area contributed by atoms with E-state index < -0.39 is 0 Å².